The quantitative estimate of drug-likeness (QED) is 0.646. The van der Waals surface area contributed by atoms with E-state index in [9.17, 15) is 5.11 Å². The Balaban J connectivity index is 1.77. The third-order valence-corrected chi connectivity index (χ3v) is 6.31. The molecule has 2 saturated carbocycles. The number of rotatable bonds is 4. The SMILES string of the molecule is CCC(=NOC)[C@H]1[C@@H](c2ccc3ccccc3c2)CC2CC(O)[C@H]1C2. The van der Waals surface area contributed by atoms with Crippen molar-refractivity contribution in [2.24, 2.45) is 22.9 Å². The Morgan fingerprint density at radius 1 is 1.12 bits per heavy atom. The fraction of sp³-hybridized carbons (Fsp3) is 0.500. The van der Waals surface area contributed by atoms with E-state index in [-0.39, 0.29) is 12.0 Å². The molecule has 2 aromatic carbocycles. The average Bonchev–Trinajstić information content (AvgIpc) is 2.94. The third-order valence-electron chi connectivity index (χ3n) is 6.31. The summed E-state index contributed by atoms with van der Waals surface area (Å²) in [4.78, 5) is 5.15. The monoisotopic (exact) mass is 337 g/mol. The number of aliphatic hydroxyl groups excluding tert-OH is 1. The molecule has 2 aromatic rings. The molecule has 2 bridgehead atoms. The second-order valence-electron chi connectivity index (χ2n) is 7.66. The van der Waals surface area contributed by atoms with Gasteiger partial charge in [0.2, 0.25) is 0 Å². The molecule has 0 aromatic heterocycles. The third kappa shape index (κ3) is 2.95. The van der Waals surface area contributed by atoms with Crippen LogP contribution in [0.2, 0.25) is 0 Å². The van der Waals surface area contributed by atoms with Crippen LogP contribution >= 0.6 is 0 Å². The van der Waals surface area contributed by atoms with E-state index in [1.54, 1.807) is 7.11 Å². The number of oxime groups is 1. The van der Waals surface area contributed by atoms with Crippen molar-refractivity contribution in [3.05, 3.63) is 48.0 Å². The topological polar surface area (TPSA) is 41.8 Å². The van der Waals surface area contributed by atoms with E-state index in [1.165, 1.54) is 16.3 Å². The van der Waals surface area contributed by atoms with E-state index in [2.05, 4.69) is 54.5 Å². The van der Waals surface area contributed by atoms with Crippen molar-refractivity contribution in [3.8, 4) is 0 Å². The van der Waals surface area contributed by atoms with Crippen LogP contribution in [0.5, 0.6) is 0 Å². The van der Waals surface area contributed by atoms with Crippen molar-refractivity contribution in [1.29, 1.82) is 0 Å². The summed E-state index contributed by atoms with van der Waals surface area (Å²) in [6, 6.07) is 15.4. The summed E-state index contributed by atoms with van der Waals surface area (Å²) < 4.78 is 0. The van der Waals surface area contributed by atoms with Crippen LogP contribution in [0.25, 0.3) is 10.8 Å². The molecule has 1 N–H and O–H groups in total. The maximum absolute atomic E-state index is 10.6. The minimum absolute atomic E-state index is 0.200. The van der Waals surface area contributed by atoms with Gasteiger partial charge in [-0.15, -0.1) is 0 Å². The summed E-state index contributed by atoms with van der Waals surface area (Å²) in [6.07, 6.45) is 3.87. The van der Waals surface area contributed by atoms with Gasteiger partial charge in [-0.1, -0.05) is 54.5 Å². The van der Waals surface area contributed by atoms with Crippen LogP contribution in [-0.2, 0) is 4.84 Å². The zero-order chi connectivity index (χ0) is 17.4. The van der Waals surface area contributed by atoms with E-state index in [1.807, 2.05) is 0 Å². The zero-order valence-corrected chi connectivity index (χ0v) is 15.1. The van der Waals surface area contributed by atoms with Crippen LogP contribution in [0.3, 0.4) is 0 Å². The summed E-state index contributed by atoms with van der Waals surface area (Å²) in [5.74, 6) is 1.64. The fourth-order valence-corrected chi connectivity index (χ4v) is 5.28. The van der Waals surface area contributed by atoms with Crippen molar-refractivity contribution in [2.45, 2.75) is 44.6 Å². The fourth-order valence-electron chi connectivity index (χ4n) is 5.28. The molecule has 0 spiro atoms. The molecule has 2 aliphatic rings. The van der Waals surface area contributed by atoms with Gasteiger partial charge >= 0.3 is 0 Å². The van der Waals surface area contributed by atoms with Gasteiger partial charge in [0.15, 0.2) is 0 Å². The van der Waals surface area contributed by atoms with Crippen LogP contribution < -0.4 is 0 Å². The van der Waals surface area contributed by atoms with Crippen molar-refractivity contribution in [2.75, 3.05) is 7.11 Å². The molecule has 0 aliphatic heterocycles. The zero-order valence-electron chi connectivity index (χ0n) is 15.1. The molecule has 25 heavy (non-hydrogen) atoms. The highest BCUT2D eigenvalue weighted by Gasteiger charge is 2.48. The molecule has 2 unspecified atom stereocenters. The number of nitrogens with zero attached hydrogens (tertiary/aromatic N) is 1. The minimum Gasteiger partial charge on any atom is -0.399 e. The van der Waals surface area contributed by atoms with Crippen molar-refractivity contribution >= 4 is 16.5 Å². The first-order valence-corrected chi connectivity index (χ1v) is 9.48. The molecule has 2 fully saturated rings. The normalized spacial score (nSPS) is 32.1. The summed E-state index contributed by atoms with van der Waals surface area (Å²) >= 11 is 0. The number of hydrogen-bond acceptors (Lipinski definition) is 3. The summed E-state index contributed by atoms with van der Waals surface area (Å²) in [5, 5.41) is 17.6. The second-order valence-corrected chi connectivity index (χ2v) is 7.66. The largest absolute Gasteiger partial charge is 0.399 e. The maximum Gasteiger partial charge on any atom is 0.106 e. The highest BCUT2D eigenvalue weighted by molar-refractivity contribution is 5.88. The molecule has 2 aliphatic carbocycles. The predicted octanol–water partition coefficient (Wildman–Crippen LogP) is 4.74. The van der Waals surface area contributed by atoms with Crippen molar-refractivity contribution in [3.63, 3.8) is 0 Å². The Labute approximate surface area is 149 Å². The van der Waals surface area contributed by atoms with Crippen LogP contribution in [0.4, 0.5) is 0 Å². The summed E-state index contributed by atoms with van der Waals surface area (Å²) in [7, 11) is 1.62. The van der Waals surface area contributed by atoms with Crippen LogP contribution in [0, 0.1) is 17.8 Å². The number of aliphatic hydroxyl groups is 1. The summed E-state index contributed by atoms with van der Waals surface area (Å²) in [5.41, 5.74) is 2.48. The van der Waals surface area contributed by atoms with E-state index >= 15 is 0 Å². The van der Waals surface area contributed by atoms with Crippen LogP contribution in [-0.4, -0.2) is 24.0 Å². The molecule has 0 amide bonds. The van der Waals surface area contributed by atoms with Gasteiger partial charge in [0.25, 0.3) is 0 Å². The van der Waals surface area contributed by atoms with Gasteiger partial charge in [-0.05, 0) is 59.8 Å². The lowest BCUT2D eigenvalue weighted by molar-refractivity contribution is 0.106. The molecule has 0 heterocycles. The lowest BCUT2D eigenvalue weighted by atomic mass is 9.66. The Bertz CT molecular complexity index is 784. The van der Waals surface area contributed by atoms with Gasteiger partial charge in [0, 0.05) is 5.92 Å². The van der Waals surface area contributed by atoms with Gasteiger partial charge in [-0.25, -0.2) is 0 Å². The van der Waals surface area contributed by atoms with E-state index in [0.717, 1.165) is 31.4 Å². The lowest BCUT2D eigenvalue weighted by Gasteiger charge is -2.38. The molecule has 3 nitrogen and oxygen atoms in total. The van der Waals surface area contributed by atoms with E-state index in [0.29, 0.717) is 17.8 Å². The highest BCUT2D eigenvalue weighted by atomic mass is 16.6. The first-order valence-electron chi connectivity index (χ1n) is 9.48. The Morgan fingerprint density at radius 3 is 2.68 bits per heavy atom. The highest BCUT2D eigenvalue weighted by Crippen LogP contribution is 2.53. The Morgan fingerprint density at radius 2 is 1.92 bits per heavy atom. The number of hydrogen-bond donors (Lipinski definition) is 1. The Kier molecular flexibility index (Phi) is 4.51. The molecule has 3 heteroatoms. The molecule has 132 valence electrons. The maximum atomic E-state index is 10.6. The minimum atomic E-state index is -0.200. The number of fused-ring (bicyclic) bond motifs is 3. The molecular formula is C22H27NO2. The van der Waals surface area contributed by atoms with Gasteiger partial charge in [-0.3, -0.25) is 0 Å². The van der Waals surface area contributed by atoms with E-state index < -0.39 is 0 Å². The van der Waals surface area contributed by atoms with Gasteiger partial charge in [-0.2, -0.15) is 0 Å². The van der Waals surface area contributed by atoms with Gasteiger partial charge in [0.1, 0.15) is 7.11 Å². The second kappa shape index (κ2) is 6.80. The lowest BCUT2D eigenvalue weighted by Crippen LogP contribution is -2.36. The standard InChI is InChI=1S/C22H27NO2/c1-3-20(23-25-2)22-18(10-14-11-19(22)21(24)12-14)17-9-8-15-6-4-5-7-16(15)13-17/h4-9,13-14,18-19,21-22,24H,3,10-12H2,1-2H3/t14?,18-,19-,21?,22+/m1/s1. The number of benzene rings is 2. The molecule has 4 rings (SSSR count). The molecular weight excluding hydrogens is 310 g/mol. The summed E-state index contributed by atoms with van der Waals surface area (Å²) in [6.45, 7) is 2.14. The van der Waals surface area contributed by atoms with Gasteiger partial charge in [0.05, 0.1) is 11.8 Å². The van der Waals surface area contributed by atoms with Gasteiger partial charge < -0.3 is 9.94 Å². The van der Waals surface area contributed by atoms with Crippen LogP contribution in [0.15, 0.2) is 47.6 Å². The first-order chi connectivity index (χ1) is 12.2. The average molecular weight is 337 g/mol. The van der Waals surface area contributed by atoms with Crippen molar-refractivity contribution < 1.29 is 9.94 Å². The molecule has 0 radical (unpaired) electrons. The van der Waals surface area contributed by atoms with Crippen LogP contribution in [0.1, 0.15) is 44.1 Å². The smallest absolute Gasteiger partial charge is 0.106 e. The molecule has 0 saturated heterocycles. The van der Waals surface area contributed by atoms with E-state index in [4.69, 9.17) is 4.84 Å². The predicted molar refractivity (Wildman–Crippen MR) is 102 cm³/mol. The Hall–Kier alpha value is -1.87. The molecule has 5 atom stereocenters. The van der Waals surface area contributed by atoms with Crippen molar-refractivity contribution in [1.82, 2.24) is 0 Å². The first kappa shape index (κ1) is 16.6.